The Morgan fingerprint density at radius 1 is 1.10 bits per heavy atom. The Hall–Kier alpha value is 1.31. The third-order valence-corrected chi connectivity index (χ3v) is 0. The number of carboxylic acid groups (broad SMARTS) is 3. The van der Waals surface area contributed by atoms with Crippen molar-refractivity contribution >= 4 is 12.1 Å². The van der Waals surface area contributed by atoms with Crippen LogP contribution in [-0.2, 0) is 21.9 Å². The fraction of sp³-hybridized carbons (Fsp3) is 0.333. The molecule has 5 nitrogen and oxygen atoms in total. The maximum Gasteiger partial charge on any atom is 2.00 e. The van der Waals surface area contributed by atoms with E-state index in [2.05, 4.69) is 0 Å². The summed E-state index contributed by atoms with van der Waals surface area (Å²) in [6.07, 6.45) is -2.33. The molecule has 0 aliphatic rings. The minimum atomic E-state index is -2.33. The van der Waals surface area contributed by atoms with Crippen molar-refractivity contribution in [3.05, 3.63) is 0 Å². The van der Waals surface area contributed by atoms with Crippen molar-refractivity contribution in [2.75, 3.05) is 0 Å². The first kappa shape index (κ1) is 22.5. The molecular weight excluding hydrogens is 312 g/mol. The average molecular weight is 316 g/mol. The molecule has 0 aliphatic carbocycles. The molecule has 0 spiro atoms. The second-order valence-corrected chi connectivity index (χ2v) is 0.742. The number of hydrogen-bond donors (Lipinski definition) is 0. The minimum absolute atomic E-state index is 0. The van der Waals surface area contributed by atoms with Crippen molar-refractivity contribution in [1.29, 1.82) is 0 Å². The molecule has 7 heteroatoms. The summed E-state index contributed by atoms with van der Waals surface area (Å²) in [6.45, 7) is 0.972. The van der Waals surface area contributed by atoms with E-state index in [1.807, 2.05) is 0 Å². The van der Waals surface area contributed by atoms with Crippen LogP contribution in [0.2, 0.25) is 0 Å². The van der Waals surface area contributed by atoms with Crippen LogP contribution in [0.3, 0.4) is 0 Å². The largest absolute Gasteiger partial charge is 2.00 e. The Bertz CT molecular complexity index is 74.9. The van der Waals surface area contributed by atoms with Crippen molar-refractivity contribution in [2.24, 2.45) is 0 Å². The molecule has 0 rings (SSSR count). The molecule has 0 aromatic carbocycles. The number of rotatable bonds is 0. The predicted molar refractivity (Wildman–Crippen MR) is 16.1 cm³/mol. The molecule has 57 valence electrons. The monoisotopic (exact) mass is 315 g/mol. The third-order valence-electron chi connectivity index (χ3n) is 0. The first-order valence-corrected chi connectivity index (χ1v) is 1.52. The van der Waals surface area contributed by atoms with Gasteiger partial charge in [-0.25, -0.2) is 0 Å². The Morgan fingerprint density at radius 2 is 1.10 bits per heavy atom. The number of aliphatic carboxylic acids is 1. The van der Waals surface area contributed by atoms with Crippen LogP contribution in [-0.4, -0.2) is 12.1 Å². The predicted octanol–water partition coefficient (Wildman–Crippen LogP) is -6.69. The Labute approximate surface area is 127 Å². The molecule has 0 unspecified atom stereocenters. The fourth-order valence-corrected chi connectivity index (χ4v) is 0. The molecule has 0 N–H and O–H groups in total. The van der Waals surface area contributed by atoms with Gasteiger partial charge in [0.15, 0.2) is 0 Å². The Morgan fingerprint density at radius 3 is 1.10 bits per heavy atom. The van der Waals surface area contributed by atoms with Gasteiger partial charge in [-0.2, -0.15) is 0 Å². The van der Waals surface area contributed by atoms with E-state index in [9.17, 15) is 0 Å². The first-order chi connectivity index (χ1) is 3.46. The molecule has 0 atom stereocenters. The van der Waals surface area contributed by atoms with Gasteiger partial charge in [0.25, 0.3) is 0 Å². The van der Waals surface area contributed by atoms with E-state index in [4.69, 9.17) is 24.9 Å². The smallest absolute Gasteiger partial charge is 0.652 e. The summed E-state index contributed by atoms with van der Waals surface area (Å²) in [5, 5.41) is 25.6. The van der Waals surface area contributed by atoms with Crippen molar-refractivity contribution in [3.8, 4) is 0 Å². The summed E-state index contributed by atoms with van der Waals surface area (Å²) in [5.41, 5.74) is 0. The zero-order valence-corrected chi connectivity index (χ0v) is 12.6. The van der Waals surface area contributed by atoms with E-state index >= 15 is 0 Å². The van der Waals surface area contributed by atoms with Crippen molar-refractivity contribution in [3.63, 3.8) is 0 Å². The summed E-state index contributed by atoms with van der Waals surface area (Å²) in [6, 6.07) is 0. The number of carboxylic acids is 1. The van der Waals surface area contributed by atoms with E-state index in [0.29, 0.717) is 0 Å². The summed E-state index contributed by atoms with van der Waals surface area (Å²) in [5.74, 6) is -1.08. The zero-order chi connectivity index (χ0) is 7.15. The molecule has 1 radical (unpaired) electrons. The molecule has 0 heterocycles. The van der Waals surface area contributed by atoms with Crippen molar-refractivity contribution in [1.82, 2.24) is 0 Å². The van der Waals surface area contributed by atoms with Gasteiger partial charge in [0, 0.05) is 5.97 Å². The van der Waals surface area contributed by atoms with Gasteiger partial charge < -0.3 is 24.9 Å². The standard InChI is InChI=1S/C2H4O2.CH2O3.Cs.Cu/c1-2(3)4;2-1(3)4;;/h1H3,(H,3,4);(H2,2,3,4);;/q;;+1;+2/p-3. The molecule has 0 aliphatic heterocycles. The van der Waals surface area contributed by atoms with Gasteiger partial charge in [-0.1, -0.05) is 0 Å². The van der Waals surface area contributed by atoms with Crippen LogP contribution in [0.1, 0.15) is 6.92 Å². The van der Waals surface area contributed by atoms with Gasteiger partial charge in [0.2, 0.25) is 0 Å². The first-order valence-electron chi connectivity index (χ1n) is 1.52. The normalized spacial score (nSPS) is 4.90. The Balaban J connectivity index is -0.0000000300. The van der Waals surface area contributed by atoms with Gasteiger partial charge in [0.05, 0.1) is 0 Å². The topological polar surface area (TPSA) is 103 Å². The zero-order valence-electron chi connectivity index (χ0n) is 5.34. The number of hydrogen-bond acceptors (Lipinski definition) is 5. The minimum Gasteiger partial charge on any atom is -0.652 e. The quantitative estimate of drug-likeness (QED) is 0.413. The summed E-state index contributed by atoms with van der Waals surface area (Å²) >= 11 is 0. The van der Waals surface area contributed by atoms with Gasteiger partial charge in [-0.15, -0.1) is 0 Å². The van der Waals surface area contributed by atoms with Gasteiger partial charge >= 0.3 is 86.0 Å². The average Bonchev–Trinajstić information content (AvgIpc) is 1.25. The third kappa shape index (κ3) is 374. The van der Waals surface area contributed by atoms with E-state index in [0.717, 1.165) is 6.92 Å². The molecule has 0 fully saturated rings. The molecule has 0 bridgehead atoms. The SMILES string of the molecule is CC(=O)[O-].O=C([O-])[O-].[Cs+].[Cu+2]. The maximum absolute atomic E-state index is 8.89. The molecule has 0 saturated heterocycles. The number of carbonyl (C=O) groups excluding carboxylic acids is 2. The molecule has 0 aromatic rings. The molecule has 0 saturated carbocycles. The fourth-order valence-electron chi connectivity index (χ4n) is 0. The van der Waals surface area contributed by atoms with Crippen LogP contribution in [0, 0.1) is 0 Å². The van der Waals surface area contributed by atoms with Crippen LogP contribution >= 0.6 is 0 Å². The molecular formula is C3H3CsCuO5. The van der Waals surface area contributed by atoms with E-state index in [-0.39, 0.29) is 86.0 Å². The summed E-state index contributed by atoms with van der Waals surface area (Å²) in [7, 11) is 0. The van der Waals surface area contributed by atoms with Crippen LogP contribution in [0.25, 0.3) is 0 Å². The molecule has 10 heavy (non-hydrogen) atoms. The van der Waals surface area contributed by atoms with Crippen LogP contribution in [0.4, 0.5) is 4.79 Å². The van der Waals surface area contributed by atoms with Gasteiger partial charge in [0.1, 0.15) is 0 Å². The van der Waals surface area contributed by atoms with Crippen LogP contribution < -0.4 is 84.2 Å². The summed E-state index contributed by atoms with van der Waals surface area (Å²) in [4.78, 5) is 17.2. The van der Waals surface area contributed by atoms with E-state index in [1.54, 1.807) is 0 Å². The Kier molecular flexibility index (Phi) is 37.6. The summed E-state index contributed by atoms with van der Waals surface area (Å²) < 4.78 is 0. The molecule has 0 aromatic heterocycles. The second kappa shape index (κ2) is 16.7. The van der Waals surface area contributed by atoms with Crippen molar-refractivity contribution in [2.45, 2.75) is 6.92 Å². The van der Waals surface area contributed by atoms with Gasteiger partial charge in [-0.3, -0.25) is 0 Å². The van der Waals surface area contributed by atoms with E-state index < -0.39 is 12.1 Å². The van der Waals surface area contributed by atoms with E-state index in [1.165, 1.54) is 0 Å². The number of carbonyl (C=O) groups is 2. The van der Waals surface area contributed by atoms with Crippen LogP contribution in [0.5, 0.6) is 0 Å². The van der Waals surface area contributed by atoms with Gasteiger partial charge in [-0.05, 0) is 13.1 Å². The van der Waals surface area contributed by atoms with Crippen molar-refractivity contribution < 1.29 is 111 Å². The molecule has 0 amide bonds. The second-order valence-electron chi connectivity index (χ2n) is 0.742. The van der Waals surface area contributed by atoms with Crippen LogP contribution in [0.15, 0.2) is 0 Å². The maximum atomic E-state index is 8.89.